The van der Waals surface area contributed by atoms with Crippen molar-refractivity contribution < 1.29 is 14.3 Å². The van der Waals surface area contributed by atoms with E-state index in [-0.39, 0.29) is 5.78 Å². The Morgan fingerprint density at radius 2 is 1.50 bits per heavy atom. The van der Waals surface area contributed by atoms with Gasteiger partial charge in [0.05, 0.1) is 28.0 Å². The Morgan fingerprint density at radius 3 is 2.15 bits per heavy atom. The first kappa shape index (κ1) is 18.2. The van der Waals surface area contributed by atoms with Crippen molar-refractivity contribution in [1.29, 1.82) is 0 Å². The summed E-state index contributed by atoms with van der Waals surface area (Å²) in [6, 6.07) is 11.9. The van der Waals surface area contributed by atoms with Crippen LogP contribution in [0.2, 0.25) is 0 Å². The van der Waals surface area contributed by atoms with Crippen molar-refractivity contribution in [3.05, 3.63) is 69.5 Å². The Kier molecular flexibility index (Phi) is 5.13. The zero-order chi connectivity index (χ0) is 18.8. The summed E-state index contributed by atoms with van der Waals surface area (Å²) < 4.78 is 6.21. The van der Waals surface area contributed by atoms with Crippen LogP contribution in [-0.2, 0) is 4.74 Å². The average molecular weight is 413 g/mol. The van der Waals surface area contributed by atoms with Crippen molar-refractivity contribution in [3.63, 3.8) is 0 Å². The number of benzene rings is 2. The summed E-state index contributed by atoms with van der Waals surface area (Å²) in [6.45, 7) is 5.32. The molecule has 0 aliphatic heterocycles. The molecule has 0 saturated heterocycles. The van der Waals surface area contributed by atoms with Crippen LogP contribution in [0.1, 0.15) is 39.0 Å². The number of aryl methyl sites for hydroxylation is 2. The van der Waals surface area contributed by atoms with Gasteiger partial charge in [-0.1, -0.05) is 28.1 Å². The predicted octanol–water partition coefficient (Wildman–Crippen LogP) is 4.44. The molecule has 0 bridgehead atoms. The fourth-order valence-corrected chi connectivity index (χ4v) is 2.75. The van der Waals surface area contributed by atoms with E-state index in [9.17, 15) is 9.59 Å². The molecule has 0 amide bonds. The van der Waals surface area contributed by atoms with Gasteiger partial charge < -0.3 is 4.74 Å². The highest BCUT2D eigenvalue weighted by Crippen LogP contribution is 2.17. The maximum Gasteiger partial charge on any atom is 0.338 e. The number of hydrogen-bond acceptors (Lipinski definition) is 5. The molecule has 0 aliphatic carbocycles. The maximum absolute atomic E-state index is 12.4. The Morgan fingerprint density at radius 1 is 0.923 bits per heavy atom. The Bertz CT molecular complexity index is 1000. The van der Waals surface area contributed by atoms with Gasteiger partial charge >= 0.3 is 5.97 Å². The minimum absolute atomic E-state index is 0.252. The van der Waals surface area contributed by atoms with E-state index in [0.29, 0.717) is 22.2 Å². The highest BCUT2D eigenvalue weighted by atomic mass is 79.9. The zero-order valence-electron chi connectivity index (χ0n) is 14.6. The van der Waals surface area contributed by atoms with E-state index in [1.807, 2.05) is 13.8 Å². The third-order valence-corrected chi connectivity index (χ3v) is 4.62. The van der Waals surface area contributed by atoms with E-state index < -0.39 is 12.1 Å². The van der Waals surface area contributed by atoms with Gasteiger partial charge in [0, 0.05) is 10.0 Å². The van der Waals surface area contributed by atoms with Crippen molar-refractivity contribution in [1.82, 2.24) is 9.97 Å². The van der Waals surface area contributed by atoms with E-state index in [1.165, 1.54) is 0 Å². The minimum Gasteiger partial charge on any atom is -0.451 e. The molecule has 3 aromatic rings. The first-order chi connectivity index (χ1) is 12.3. The third kappa shape index (κ3) is 3.80. The Hall–Kier alpha value is -2.60. The van der Waals surface area contributed by atoms with Crippen LogP contribution >= 0.6 is 15.9 Å². The summed E-state index contributed by atoms with van der Waals surface area (Å²) in [5, 5.41) is 0. The summed E-state index contributed by atoms with van der Waals surface area (Å²) >= 11 is 3.32. The highest BCUT2D eigenvalue weighted by Gasteiger charge is 2.20. The standard InChI is InChI=1S/C20H17BrN2O3/c1-11-12(2)23-18-10-15(6-9-17(18)22-11)20(25)26-13(3)19(24)14-4-7-16(21)8-5-14/h4-10,13H,1-3H3/t13-/m1/s1. The molecule has 0 aliphatic rings. The molecular weight excluding hydrogens is 396 g/mol. The number of nitrogens with zero attached hydrogens (tertiary/aromatic N) is 2. The molecule has 2 aromatic carbocycles. The lowest BCUT2D eigenvalue weighted by Gasteiger charge is -2.13. The highest BCUT2D eigenvalue weighted by molar-refractivity contribution is 9.10. The van der Waals surface area contributed by atoms with Crippen LogP contribution in [0, 0.1) is 13.8 Å². The van der Waals surface area contributed by atoms with E-state index >= 15 is 0 Å². The molecule has 26 heavy (non-hydrogen) atoms. The number of esters is 1. The van der Waals surface area contributed by atoms with Gasteiger partial charge in [-0.25, -0.2) is 14.8 Å². The van der Waals surface area contributed by atoms with Crippen LogP contribution in [0.3, 0.4) is 0 Å². The lowest BCUT2D eigenvalue weighted by Crippen LogP contribution is -2.24. The molecular formula is C20H17BrN2O3. The molecule has 0 unspecified atom stereocenters. The topological polar surface area (TPSA) is 69.2 Å². The molecule has 0 spiro atoms. The van der Waals surface area contributed by atoms with Crippen molar-refractivity contribution in [2.24, 2.45) is 0 Å². The number of carbonyl (C=O) groups is 2. The molecule has 0 N–H and O–H groups in total. The number of rotatable bonds is 4. The van der Waals surface area contributed by atoms with Gasteiger partial charge in [-0.15, -0.1) is 0 Å². The number of halogens is 1. The fraction of sp³-hybridized carbons (Fsp3) is 0.200. The van der Waals surface area contributed by atoms with Gasteiger partial charge in [-0.3, -0.25) is 4.79 Å². The number of fused-ring (bicyclic) bond motifs is 1. The molecule has 1 atom stereocenters. The molecule has 5 nitrogen and oxygen atoms in total. The van der Waals surface area contributed by atoms with Crippen LogP contribution in [0.5, 0.6) is 0 Å². The zero-order valence-corrected chi connectivity index (χ0v) is 16.2. The van der Waals surface area contributed by atoms with Crippen molar-refractivity contribution in [2.75, 3.05) is 0 Å². The summed E-state index contributed by atoms with van der Waals surface area (Å²) in [7, 11) is 0. The lowest BCUT2D eigenvalue weighted by molar-refractivity contribution is 0.0319. The predicted molar refractivity (Wildman–Crippen MR) is 102 cm³/mol. The molecule has 132 valence electrons. The lowest BCUT2D eigenvalue weighted by atomic mass is 10.1. The first-order valence-corrected chi connectivity index (χ1v) is 8.90. The normalized spacial score (nSPS) is 12.0. The SMILES string of the molecule is Cc1nc2ccc(C(=O)O[C@H](C)C(=O)c3ccc(Br)cc3)cc2nc1C. The van der Waals surface area contributed by atoms with Crippen LogP contribution in [0.25, 0.3) is 11.0 Å². The molecule has 1 heterocycles. The molecule has 1 aromatic heterocycles. The van der Waals surface area contributed by atoms with Crippen LogP contribution in [0.4, 0.5) is 0 Å². The van der Waals surface area contributed by atoms with Crippen LogP contribution in [-0.4, -0.2) is 27.8 Å². The van der Waals surface area contributed by atoms with E-state index in [4.69, 9.17) is 4.74 Å². The van der Waals surface area contributed by atoms with Crippen molar-refractivity contribution >= 4 is 38.7 Å². The average Bonchev–Trinajstić information content (AvgIpc) is 2.62. The molecule has 6 heteroatoms. The number of ketones is 1. The largest absolute Gasteiger partial charge is 0.451 e. The van der Waals surface area contributed by atoms with Crippen molar-refractivity contribution in [3.8, 4) is 0 Å². The second-order valence-electron chi connectivity index (χ2n) is 6.02. The maximum atomic E-state index is 12.4. The molecule has 0 radical (unpaired) electrons. The second-order valence-corrected chi connectivity index (χ2v) is 6.93. The van der Waals surface area contributed by atoms with Gasteiger partial charge in [0.25, 0.3) is 0 Å². The molecule has 0 fully saturated rings. The number of aromatic nitrogens is 2. The van der Waals surface area contributed by atoms with Crippen LogP contribution in [0.15, 0.2) is 46.9 Å². The van der Waals surface area contributed by atoms with Crippen molar-refractivity contribution in [2.45, 2.75) is 26.9 Å². The number of Topliss-reactive ketones (excluding diaryl/α,β-unsaturated/α-hetero) is 1. The van der Waals surface area contributed by atoms with Gasteiger partial charge in [0.1, 0.15) is 0 Å². The second kappa shape index (κ2) is 7.33. The summed E-state index contributed by atoms with van der Waals surface area (Å²) in [5.41, 5.74) is 3.82. The monoisotopic (exact) mass is 412 g/mol. The Balaban J connectivity index is 1.78. The fourth-order valence-electron chi connectivity index (χ4n) is 2.49. The van der Waals surface area contributed by atoms with Gasteiger partial charge in [-0.2, -0.15) is 0 Å². The third-order valence-electron chi connectivity index (χ3n) is 4.09. The minimum atomic E-state index is -0.884. The Labute approximate surface area is 159 Å². The quantitative estimate of drug-likeness (QED) is 0.467. The summed E-state index contributed by atoms with van der Waals surface area (Å²) in [6.07, 6.45) is -0.884. The van der Waals surface area contributed by atoms with Crippen LogP contribution < -0.4 is 0 Å². The van der Waals surface area contributed by atoms with Gasteiger partial charge in [0.2, 0.25) is 5.78 Å². The molecule has 0 saturated carbocycles. The van der Waals surface area contributed by atoms with E-state index in [2.05, 4.69) is 25.9 Å². The number of hydrogen-bond donors (Lipinski definition) is 0. The van der Waals surface area contributed by atoms with Gasteiger partial charge in [0.15, 0.2) is 6.10 Å². The van der Waals surface area contributed by atoms with E-state index in [0.717, 1.165) is 15.9 Å². The first-order valence-electron chi connectivity index (χ1n) is 8.11. The number of ether oxygens (including phenoxy) is 1. The summed E-state index contributed by atoms with van der Waals surface area (Å²) in [5.74, 6) is -0.817. The van der Waals surface area contributed by atoms with E-state index in [1.54, 1.807) is 49.4 Å². The summed E-state index contributed by atoms with van der Waals surface area (Å²) in [4.78, 5) is 33.7. The molecule has 3 rings (SSSR count). The number of carbonyl (C=O) groups excluding carboxylic acids is 2. The van der Waals surface area contributed by atoms with Gasteiger partial charge in [-0.05, 0) is 51.1 Å². The smallest absolute Gasteiger partial charge is 0.338 e.